The Labute approximate surface area is 142 Å². The van der Waals surface area contributed by atoms with Gasteiger partial charge in [0.2, 0.25) is 0 Å². The van der Waals surface area contributed by atoms with E-state index in [9.17, 15) is 0 Å². The number of hydrogen-bond acceptors (Lipinski definition) is 3. The second-order valence-electron chi connectivity index (χ2n) is 6.70. The minimum absolute atomic E-state index is 0.0140. The maximum absolute atomic E-state index is 4.74. The standard InChI is InChI=1S/C20H22N4/c1-13-5-10-18-17(11-13)19-12-14(2)22-24(19)20(21-18)15-6-8-16(9-7-15)23(3)4/h5-12,20-21H,1-4H3. The minimum Gasteiger partial charge on any atom is -0.378 e. The zero-order valence-electron chi connectivity index (χ0n) is 14.5. The third-order valence-corrected chi connectivity index (χ3v) is 4.57. The average molecular weight is 318 g/mol. The Morgan fingerprint density at radius 3 is 2.46 bits per heavy atom. The summed E-state index contributed by atoms with van der Waals surface area (Å²) in [5.41, 5.74) is 8.25. The van der Waals surface area contributed by atoms with Crippen LogP contribution in [0.5, 0.6) is 0 Å². The van der Waals surface area contributed by atoms with Gasteiger partial charge in [0.05, 0.1) is 11.4 Å². The second kappa shape index (κ2) is 5.41. The highest BCUT2D eigenvalue weighted by Gasteiger charge is 2.26. The number of nitrogens with zero attached hydrogens (tertiary/aromatic N) is 3. The summed E-state index contributed by atoms with van der Waals surface area (Å²) in [6.07, 6.45) is 0.0140. The fourth-order valence-electron chi connectivity index (χ4n) is 3.30. The molecule has 3 aromatic rings. The molecule has 1 N–H and O–H groups in total. The largest absolute Gasteiger partial charge is 0.378 e. The van der Waals surface area contributed by atoms with Crippen LogP contribution in [-0.4, -0.2) is 23.9 Å². The Morgan fingerprint density at radius 1 is 1.00 bits per heavy atom. The van der Waals surface area contributed by atoms with Gasteiger partial charge in [0.1, 0.15) is 6.17 Å². The molecule has 0 fully saturated rings. The number of benzene rings is 2. The molecule has 1 unspecified atom stereocenters. The van der Waals surface area contributed by atoms with Gasteiger partial charge < -0.3 is 10.2 Å². The lowest BCUT2D eigenvalue weighted by Crippen LogP contribution is -2.25. The summed E-state index contributed by atoms with van der Waals surface area (Å²) in [5.74, 6) is 0. The van der Waals surface area contributed by atoms with Crippen LogP contribution in [0.25, 0.3) is 11.3 Å². The highest BCUT2D eigenvalue weighted by Crippen LogP contribution is 2.39. The van der Waals surface area contributed by atoms with Crippen LogP contribution in [0.1, 0.15) is 23.0 Å². The van der Waals surface area contributed by atoms with Crippen LogP contribution in [-0.2, 0) is 0 Å². The van der Waals surface area contributed by atoms with Crippen molar-refractivity contribution >= 4 is 11.4 Å². The maximum Gasteiger partial charge on any atom is 0.147 e. The molecule has 0 bridgehead atoms. The van der Waals surface area contributed by atoms with E-state index in [4.69, 9.17) is 5.10 Å². The van der Waals surface area contributed by atoms with Gasteiger partial charge in [-0.15, -0.1) is 0 Å². The van der Waals surface area contributed by atoms with Crippen LogP contribution < -0.4 is 10.2 Å². The fourth-order valence-corrected chi connectivity index (χ4v) is 3.30. The average Bonchev–Trinajstić information content (AvgIpc) is 2.96. The monoisotopic (exact) mass is 318 g/mol. The van der Waals surface area contributed by atoms with Crippen LogP contribution >= 0.6 is 0 Å². The van der Waals surface area contributed by atoms with Crippen molar-refractivity contribution in [3.05, 3.63) is 65.4 Å². The normalized spacial score (nSPS) is 15.4. The number of nitrogens with one attached hydrogen (secondary N) is 1. The van der Waals surface area contributed by atoms with E-state index >= 15 is 0 Å². The first kappa shape index (κ1) is 14.8. The fraction of sp³-hybridized carbons (Fsp3) is 0.250. The Bertz CT molecular complexity index is 891. The van der Waals surface area contributed by atoms with Crippen molar-refractivity contribution in [1.29, 1.82) is 0 Å². The van der Waals surface area contributed by atoms with Gasteiger partial charge in [-0.1, -0.05) is 23.8 Å². The third kappa shape index (κ3) is 2.35. The van der Waals surface area contributed by atoms with E-state index in [0.29, 0.717) is 0 Å². The van der Waals surface area contributed by atoms with E-state index in [-0.39, 0.29) is 6.17 Å². The summed E-state index contributed by atoms with van der Waals surface area (Å²) in [6.45, 7) is 4.17. The van der Waals surface area contributed by atoms with Gasteiger partial charge in [0.25, 0.3) is 0 Å². The topological polar surface area (TPSA) is 33.1 Å². The number of aromatic nitrogens is 2. The van der Waals surface area contributed by atoms with Crippen LogP contribution in [0.4, 0.5) is 11.4 Å². The summed E-state index contributed by atoms with van der Waals surface area (Å²) >= 11 is 0. The van der Waals surface area contributed by atoms with Crippen LogP contribution in [0.15, 0.2) is 48.5 Å². The Hall–Kier alpha value is -2.75. The first-order chi connectivity index (χ1) is 11.5. The lowest BCUT2D eigenvalue weighted by atomic mass is 10.0. The smallest absolute Gasteiger partial charge is 0.147 e. The van der Waals surface area contributed by atoms with Gasteiger partial charge in [0, 0.05) is 31.0 Å². The predicted octanol–water partition coefficient (Wildman–Crippen LogP) is 4.21. The SMILES string of the molecule is Cc1ccc2c(c1)-c1cc(C)nn1C(c1ccc(N(C)C)cc1)N2. The van der Waals surface area contributed by atoms with E-state index in [2.05, 4.69) is 84.4 Å². The molecule has 1 aromatic heterocycles. The molecule has 0 radical (unpaired) electrons. The highest BCUT2D eigenvalue weighted by atomic mass is 15.4. The number of anilines is 2. The lowest BCUT2D eigenvalue weighted by molar-refractivity contribution is 0.571. The Morgan fingerprint density at radius 2 is 1.75 bits per heavy atom. The predicted molar refractivity (Wildman–Crippen MR) is 99.7 cm³/mol. The molecule has 4 rings (SSSR count). The molecule has 2 heterocycles. The van der Waals surface area contributed by atoms with Crippen LogP contribution in [0.2, 0.25) is 0 Å². The van der Waals surface area contributed by atoms with Crippen molar-refractivity contribution in [2.75, 3.05) is 24.3 Å². The zero-order valence-corrected chi connectivity index (χ0v) is 14.5. The van der Waals surface area contributed by atoms with E-state index in [1.807, 2.05) is 6.92 Å². The van der Waals surface area contributed by atoms with E-state index in [1.54, 1.807) is 0 Å². The van der Waals surface area contributed by atoms with Gasteiger partial charge in [-0.05, 0) is 49.7 Å². The van der Waals surface area contributed by atoms with Crippen molar-refractivity contribution in [1.82, 2.24) is 9.78 Å². The lowest BCUT2D eigenvalue weighted by Gasteiger charge is -2.29. The minimum atomic E-state index is 0.0140. The molecule has 1 atom stereocenters. The van der Waals surface area contributed by atoms with Gasteiger partial charge in [-0.25, -0.2) is 4.68 Å². The van der Waals surface area contributed by atoms with Gasteiger partial charge >= 0.3 is 0 Å². The maximum atomic E-state index is 4.74. The Kier molecular flexibility index (Phi) is 3.34. The zero-order chi connectivity index (χ0) is 16.8. The molecule has 4 nitrogen and oxygen atoms in total. The third-order valence-electron chi connectivity index (χ3n) is 4.57. The number of aryl methyl sites for hydroxylation is 2. The van der Waals surface area contributed by atoms with Crippen LogP contribution in [0, 0.1) is 13.8 Å². The van der Waals surface area contributed by atoms with Crippen molar-refractivity contribution in [2.45, 2.75) is 20.0 Å². The molecule has 0 saturated carbocycles. The molecule has 0 aliphatic carbocycles. The first-order valence-corrected chi connectivity index (χ1v) is 8.24. The molecule has 2 aromatic carbocycles. The number of fused-ring (bicyclic) bond motifs is 3. The van der Waals surface area contributed by atoms with Gasteiger partial charge in [-0.3, -0.25) is 0 Å². The van der Waals surface area contributed by atoms with Crippen molar-refractivity contribution in [2.24, 2.45) is 0 Å². The molecule has 0 amide bonds. The van der Waals surface area contributed by atoms with Crippen LogP contribution in [0.3, 0.4) is 0 Å². The number of hydrogen-bond donors (Lipinski definition) is 1. The van der Waals surface area contributed by atoms with Crippen molar-refractivity contribution in [3.8, 4) is 11.3 Å². The van der Waals surface area contributed by atoms with E-state index in [0.717, 1.165) is 11.4 Å². The molecule has 24 heavy (non-hydrogen) atoms. The molecular formula is C20H22N4. The molecule has 1 aliphatic heterocycles. The summed E-state index contributed by atoms with van der Waals surface area (Å²) in [5, 5.41) is 8.38. The second-order valence-corrected chi connectivity index (χ2v) is 6.70. The molecule has 122 valence electrons. The van der Waals surface area contributed by atoms with Crippen molar-refractivity contribution in [3.63, 3.8) is 0 Å². The van der Waals surface area contributed by atoms with Crippen molar-refractivity contribution < 1.29 is 0 Å². The number of rotatable bonds is 2. The van der Waals surface area contributed by atoms with Gasteiger partial charge in [-0.2, -0.15) is 5.10 Å². The van der Waals surface area contributed by atoms with E-state index < -0.39 is 0 Å². The summed E-state index contributed by atoms with van der Waals surface area (Å²) in [4.78, 5) is 2.11. The highest BCUT2D eigenvalue weighted by molar-refractivity contribution is 5.79. The van der Waals surface area contributed by atoms with E-state index in [1.165, 1.54) is 28.1 Å². The summed E-state index contributed by atoms with van der Waals surface area (Å²) in [6, 6.07) is 17.4. The first-order valence-electron chi connectivity index (χ1n) is 8.24. The molecule has 0 saturated heterocycles. The molecule has 1 aliphatic rings. The molecule has 4 heteroatoms. The quantitative estimate of drug-likeness (QED) is 0.768. The Balaban J connectivity index is 1.82. The summed E-state index contributed by atoms with van der Waals surface area (Å²) in [7, 11) is 4.11. The summed E-state index contributed by atoms with van der Waals surface area (Å²) < 4.78 is 2.10. The molecule has 0 spiro atoms. The van der Waals surface area contributed by atoms with Gasteiger partial charge in [0.15, 0.2) is 0 Å². The molecular weight excluding hydrogens is 296 g/mol.